The predicted molar refractivity (Wildman–Crippen MR) is 108 cm³/mol. The van der Waals surface area contributed by atoms with E-state index in [0.29, 0.717) is 11.8 Å². The Balaban J connectivity index is 1.67. The Kier molecular flexibility index (Phi) is 4.37. The molecule has 4 nitrogen and oxygen atoms in total. The molecule has 4 heterocycles. The number of hydrogen-bond acceptors (Lipinski definition) is 4. The molecule has 4 aromatic heterocycles. The number of aromatic nitrogens is 4. The largest absolute Gasteiger partial charge is 0.265 e. The molecule has 1 fully saturated rings. The van der Waals surface area contributed by atoms with E-state index in [1.54, 1.807) is 0 Å². The van der Waals surface area contributed by atoms with Crippen LogP contribution in [-0.4, -0.2) is 19.9 Å². The second-order valence-corrected chi connectivity index (χ2v) is 7.17. The molecule has 5 rings (SSSR count). The lowest BCUT2D eigenvalue weighted by molar-refractivity contribution is 0.220. The standard InChI is InChI=1S/C24H20N4/c1-3-11-27-19(5-1)23-21(17-7-13-25-14-8-17)22(18-9-15-26-16-10-18)24(23)20-6-2-4-12-28-20/h1-16,21-24H/t21-,22+,23+,24-. The van der Waals surface area contributed by atoms with Gasteiger partial charge in [-0.15, -0.1) is 0 Å². The van der Waals surface area contributed by atoms with E-state index >= 15 is 0 Å². The maximum Gasteiger partial charge on any atom is 0.0447 e. The Bertz CT molecular complexity index is 841. The van der Waals surface area contributed by atoms with Crippen LogP contribution < -0.4 is 0 Å². The SMILES string of the molecule is c1ccc([C@@H]2[C@@H](c3ccncc3)[C@@H](c3ccncc3)[C@@H]2c2ccccn2)nc1. The molecule has 0 saturated heterocycles. The summed E-state index contributed by atoms with van der Waals surface area (Å²) in [5.74, 6) is 1.15. The lowest BCUT2D eigenvalue weighted by Crippen LogP contribution is -2.40. The van der Waals surface area contributed by atoms with Crippen molar-refractivity contribution in [1.29, 1.82) is 0 Å². The van der Waals surface area contributed by atoms with Gasteiger partial charge in [-0.2, -0.15) is 0 Å². The van der Waals surface area contributed by atoms with Crippen molar-refractivity contribution < 1.29 is 0 Å². The van der Waals surface area contributed by atoms with Crippen LogP contribution in [0.1, 0.15) is 46.2 Å². The van der Waals surface area contributed by atoms with Gasteiger partial charge in [0.1, 0.15) is 0 Å². The number of rotatable bonds is 4. The second kappa shape index (κ2) is 7.31. The summed E-state index contributed by atoms with van der Waals surface area (Å²) in [7, 11) is 0. The van der Waals surface area contributed by atoms with Gasteiger partial charge in [0.2, 0.25) is 0 Å². The maximum atomic E-state index is 4.72. The van der Waals surface area contributed by atoms with Crippen molar-refractivity contribution in [1.82, 2.24) is 19.9 Å². The monoisotopic (exact) mass is 364 g/mol. The van der Waals surface area contributed by atoms with Crippen LogP contribution in [-0.2, 0) is 0 Å². The normalized spacial score (nSPS) is 23.7. The van der Waals surface area contributed by atoms with Crippen molar-refractivity contribution in [2.45, 2.75) is 23.7 Å². The number of pyridine rings is 4. The molecular formula is C24H20N4. The Morgan fingerprint density at radius 3 is 1.21 bits per heavy atom. The molecule has 136 valence electrons. The summed E-state index contributed by atoms with van der Waals surface area (Å²) in [5, 5.41) is 0. The van der Waals surface area contributed by atoms with Crippen LogP contribution in [0.15, 0.2) is 97.8 Å². The number of hydrogen-bond donors (Lipinski definition) is 0. The molecule has 0 amide bonds. The third-order valence-electron chi connectivity index (χ3n) is 5.79. The molecule has 0 spiro atoms. The van der Waals surface area contributed by atoms with Crippen LogP contribution in [0, 0.1) is 0 Å². The van der Waals surface area contributed by atoms with E-state index in [-0.39, 0.29) is 11.8 Å². The first-order valence-corrected chi connectivity index (χ1v) is 9.55. The van der Waals surface area contributed by atoms with Gasteiger partial charge < -0.3 is 0 Å². The molecule has 0 unspecified atom stereocenters. The summed E-state index contributed by atoms with van der Waals surface area (Å²) in [6.07, 6.45) is 11.3. The van der Waals surface area contributed by atoms with Crippen LogP contribution in [0.5, 0.6) is 0 Å². The Hall–Kier alpha value is -3.40. The van der Waals surface area contributed by atoms with Gasteiger partial charge in [-0.25, -0.2) is 0 Å². The third-order valence-corrected chi connectivity index (χ3v) is 5.79. The molecule has 28 heavy (non-hydrogen) atoms. The Labute approximate surface area is 164 Å². The first kappa shape index (κ1) is 16.8. The van der Waals surface area contributed by atoms with Gasteiger partial charge in [-0.05, 0) is 59.7 Å². The van der Waals surface area contributed by atoms with Crippen molar-refractivity contribution in [2.75, 3.05) is 0 Å². The predicted octanol–water partition coefficient (Wildman–Crippen LogP) is 4.72. The molecule has 4 atom stereocenters. The summed E-state index contributed by atoms with van der Waals surface area (Å²) in [6, 6.07) is 20.9. The fourth-order valence-corrected chi connectivity index (χ4v) is 4.63. The van der Waals surface area contributed by atoms with Gasteiger partial charge in [0.25, 0.3) is 0 Å². The van der Waals surface area contributed by atoms with Gasteiger partial charge in [-0.3, -0.25) is 19.9 Å². The zero-order valence-corrected chi connectivity index (χ0v) is 15.3. The van der Waals surface area contributed by atoms with Crippen LogP contribution in [0.3, 0.4) is 0 Å². The minimum atomic E-state index is 0.261. The molecule has 0 radical (unpaired) electrons. The van der Waals surface area contributed by atoms with Gasteiger partial charge in [-0.1, -0.05) is 12.1 Å². The van der Waals surface area contributed by atoms with E-state index in [2.05, 4.69) is 58.5 Å². The highest BCUT2D eigenvalue weighted by molar-refractivity contribution is 5.44. The summed E-state index contributed by atoms with van der Waals surface area (Å²) in [5.41, 5.74) is 4.81. The minimum Gasteiger partial charge on any atom is -0.265 e. The van der Waals surface area contributed by atoms with Crippen LogP contribution in [0.25, 0.3) is 0 Å². The molecule has 1 aliphatic rings. The van der Waals surface area contributed by atoms with Crippen molar-refractivity contribution >= 4 is 0 Å². The quantitative estimate of drug-likeness (QED) is 0.526. The first-order valence-electron chi connectivity index (χ1n) is 9.55. The molecule has 0 N–H and O–H groups in total. The molecule has 0 aliphatic heterocycles. The maximum absolute atomic E-state index is 4.72. The second-order valence-electron chi connectivity index (χ2n) is 7.17. The molecule has 0 bridgehead atoms. The molecule has 0 aromatic carbocycles. The van der Waals surface area contributed by atoms with Crippen molar-refractivity contribution in [3.8, 4) is 0 Å². The zero-order chi connectivity index (χ0) is 18.8. The minimum absolute atomic E-state index is 0.261. The van der Waals surface area contributed by atoms with Gasteiger partial charge in [0.05, 0.1) is 0 Å². The fourth-order valence-electron chi connectivity index (χ4n) is 4.63. The molecular weight excluding hydrogens is 344 g/mol. The lowest BCUT2D eigenvalue weighted by Gasteiger charge is -2.52. The van der Waals surface area contributed by atoms with Crippen LogP contribution in [0.2, 0.25) is 0 Å². The van der Waals surface area contributed by atoms with E-state index in [9.17, 15) is 0 Å². The Morgan fingerprint density at radius 2 is 0.857 bits per heavy atom. The highest BCUT2D eigenvalue weighted by Crippen LogP contribution is 2.65. The lowest BCUT2D eigenvalue weighted by atomic mass is 9.50. The fraction of sp³-hybridized carbons (Fsp3) is 0.167. The molecule has 4 aromatic rings. The van der Waals surface area contributed by atoms with Crippen LogP contribution >= 0.6 is 0 Å². The highest BCUT2D eigenvalue weighted by atomic mass is 14.8. The summed E-state index contributed by atoms with van der Waals surface area (Å²) < 4.78 is 0. The average Bonchev–Trinajstić information content (AvgIpc) is 2.76. The Morgan fingerprint density at radius 1 is 0.429 bits per heavy atom. The highest BCUT2D eigenvalue weighted by Gasteiger charge is 2.53. The van der Waals surface area contributed by atoms with E-state index < -0.39 is 0 Å². The van der Waals surface area contributed by atoms with Crippen molar-refractivity contribution in [2.24, 2.45) is 0 Å². The molecule has 1 aliphatic carbocycles. The van der Waals surface area contributed by atoms with Gasteiger partial charge in [0.15, 0.2) is 0 Å². The van der Waals surface area contributed by atoms with Gasteiger partial charge in [0, 0.05) is 72.2 Å². The summed E-state index contributed by atoms with van der Waals surface area (Å²) in [6.45, 7) is 0. The molecule has 1 saturated carbocycles. The summed E-state index contributed by atoms with van der Waals surface area (Å²) in [4.78, 5) is 17.9. The van der Waals surface area contributed by atoms with Crippen molar-refractivity contribution in [3.05, 3.63) is 120 Å². The zero-order valence-electron chi connectivity index (χ0n) is 15.3. The summed E-state index contributed by atoms with van der Waals surface area (Å²) >= 11 is 0. The first-order chi connectivity index (χ1) is 13.9. The molecule has 4 heteroatoms. The van der Waals surface area contributed by atoms with Crippen molar-refractivity contribution in [3.63, 3.8) is 0 Å². The van der Waals surface area contributed by atoms with E-state index in [1.807, 2.05) is 49.3 Å². The van der Waals surface area contributed by atoms with Gasteiger partial charge >= 0.3 is 0 Å². The van der Waals surface area contributed by atoms with E-state index in [4.69, 9.17) is 9.97 Å². The van der Waals surface area contributed by atoms with E-state index in [1.165, 1.54) is 11.1 Å². The van der Waals surface area contributed by atoms with Crippen LogP contribution in [0.4, 0.5) is 0 Å². The van der Waals surface area contributed by atoms with E-state index in [0.717, 1.165) is 11.4 Å². The third kappa shape index (κ3) is 2.87. The smallest absolute Gasteiger partial charge is 0.0447 e. The average molecular weight is 364 g/mol. The topological polar surface area (TPSA) is 51.6 Å². The number of nitrogens with zero attached hydrogens (tertiary/aromatic N) is 4.